The quantitative estimate of drug-likeness (QED) is 0.635. The normalized spacial score (nSPS) is 18.2. The zero-order valence-corrected chi connectivity index (χ0v) is 20.1. The fourth-order valence-corrected chi connectivity index (χ4v) is 5.46. The van der Waals surface area contributed by atoms with E-state index in [1.165, 1.54) is 12.8 Å². The molecule has 33 heavy (non-hydrogen) atoms. The molecule has 1 aromatic carbocycles. The number of benzene rings is 1. The molecule has 170 valence electrons. The molecule has 1 atom stereocenters. The molecule has 3 heterocycles. The Balaban J connectivity index is 1.40. The predicted molar refractivity (Wildman–Crippen MR) is 131 cm³/mol. The number of hydrogen-bond acceptors (Lipinski definition) is 7. The summed E-state index contributed by atoms with van der Waals surface area (Å²) in [6.07, 6.45) is 4.49. The van der Waals surface area contributed by atoms with Crippen LogP contribution >= 0.6 is 0 Å². The van der Waals surface area contributed by atoms with Crippen LogP contribution in [0.3, 0.4) is 0 Å². The number of nitriles is 1. The Hall–Kier alpha value is -3.24. The highest BCUT2D eigenvalue weighted by molar-refractivity contribution is 5.94. The number of rotatable bonds is 5. The van der Waals surface area contributed by atoms with Crippen LogP contribution in [0.4, 0.5) is 11.6 Å². The van der Waals surface area contributed by atoms with Gasteiger partial charge in [-0.05, 0) is 71.0 Å². The first kappa shape index (κ1) is 21.6. The van der Waals surface area contributed by atoms with Crippen molar-refractivity contribution in [2.24, 2.45) is 5.41 Å². The van der Waals surface area contributed by atoms with Gasteiger partial charge in [0.15, 0.2) is 5.82 Å². The van der Waals surface area contributed by atoms with Gasteiger partial charge in [-0.3, -0.25) is 0 Å². The highest BCUT2D eigenvalue weighted by Gasteiger charge is 2.53. The maximum Gasteiger partial charge on any atom is 0.157 e. The molecule has 1 saturated heterocycles. The van der Waals surface area contributed by atoms with Crippen LogP contribution in [0.1, 0.15) is 48.2 Å². The van der Waals surface area contributed by atoms with Gasteiger partial charge in [0.05, 0.1) is 23.4 Å². The summed E-state index contributed by atoms with van der Waals surface area (Å²) < 4.78 is 0. The van der Waals surface area contributed by atoms with E-state index in [-0.39, 0.29) is 6.04 Å². The molecule has 1 aliphatic carbocycles. The van der Waals surface area contributed by atoms with Gasteiger partial charge in [-0.1, -0.05) is 12.1 Å². The third-order valence-electron chi connectivity index (χ3n) is 7.59. The van der Waals surface area contributed by atoms with Crippen molar-refractivity contribution < 1.29 is 0 Å². The molecule has 1 N–H and O–H groups in total. The second-order valence-corrected chi connectivity index (χ2v) is 10.1. The van der Waals surface area contributed by atoms with Crippen LogP contribution in [-0.2, 0) is 0 Å². The molecule has 2 fully saturated rings. The Labute approximate surface area is 195 Å². The number of aryl methyl sites for hydroxylation is 1. The zero-order chi connectivity index (χ0) is 23.3. The van der Waals surface area contributed by atoms with Gasteiger partial charge in [-0.2, -0.15) is 10.4 Å². The lowest BCUT2D eigenvalue weighted by molar-refractivity contribution is 0.000959. The number of aromatic nitrogens is 3. The summed E-state index contributed by atoms with van der Waals surface area (Å²) in [7, 11) is 4.35. The molecule has 1 aliphatic heterocycles. The van der Waals surface area contributed by atoms with Gasteiger partial charge in [-0.25, -0.2) is 4.98 Å². The molecule has 7 heteroatoms. The molecule has 0 bridgehead atoms. The van der Waals surface area contributed by atoms with Crippen LogP contribution in [0.5, 0.6) is 0 Å². The second-order valence-electron chi connectivity index (χ2n) is 10.1. The Morgan fingerprint density at radius 1 is 1.18 bits per heavy atom. The molecular weight excluding hydrogens is 410 g/mol. The standard InChI is InChI=1S/C26H31N7/c1-16-19(12-27)7-6-8-21(16)17(2)29-25-22-9-24(28-13-23(22)18(3)30-31-25)33-14-26(15-33)10-20(11-26)32(4)5/h6-9,13,17,20H,10-11,14-15H2,1-5H3,(H,29,31)/t17-/m1/s1. The van der Waals surface area contributed by atoms with E-state index in [1.807, 2.05) is 32.2 Å². The maximum atomic E-state index is 9.39. The molecule has 1 saturated carbocycles. The third-order valence-corrected chi connectivity index (χ3v) is 7.59. The van der Waals surface area contributed by atoms with E-state index in [9.17, 15) is 5.26 Å². The number of pyridine rings is 1. The van der Waals surface area contributed by atoms with Crippen molar-refractivity contribution >= 4 is 22.4 Å². The summed E-state index contributed by atoms with van der Waals surface area (Å²) in [5.41, 5.74) is 4.12. The summed E-state index contributed by atoms with van der Waals surface area (Å²) in [6, 6.07) is 11.0. The fourth-order valence-electron chi connectivity index (χ4n) is 5.46. The average molecular weight is 442 g/mol. The molecule has 1 spiro atoms. The third kappa shape index (κ3) is 3.68. The van der Waals surface area contributed by atoms with Gasteiger partial charge in [0.2, 0.25) is 0 Å². The second kappa shape index (κ2) is 7.96. The van der Waals surface area contributed by atoms with Gasteiger partial charge in [-0.15, -0.1) is 5.10 Å². The van der Waals surface area contributed by atoms with E-state index in [2.05, 4.69) is 64.5 Å². The Morgan fingerprint density at radius 2 is 1.94 bits per heavy atom. The molecule has 0 radical (unpaired) electrons. The van der Waals surface area contributed by atoms with Crippen LogP contribution in [0.15, 0.2) is 30.5 Å². The first-order chi connectivity index (χ1) is 15.8. The average Bonchev–Trinajstić information content (AvgIpc) is 2.73. The first-order valence-electron chi connectivity index (χ1n) is 11.6. The van der Waals surface area contributed by atoms with Crippen molar-refractivity contribution in [1.82, 2.24) is 20.1 Å². The summed E-state index contributed by atoms with van der Waals surface area (Å²) in [5.74, 6) is 1.76. The van der Waals surface area contributed by atoms with Crippen molar-refractivity contribution in [3.63, 3.8) is 0 Å². The van der Waals surface area contributed by atoms with Crippen LogP contribution in [0.25, 0.3) is 10.8 Å². The van der Waals surface area contributed by atoms with Crippen LogP contribution < -0.4 is 10.2 Å². The summed E-state index contributed by atoms with van der Waals surface area (Å²) in [5, 5.41) is 23.8. The van der Waals surface area contributed by atoms with Crippen LogP contribution in [-0.4, -0.2) is 53.3 Å². The number of anilines is 2. The number of nitrogens with zero attached hydrogens (tertiary/aromatic N) is 6. The van der Waals surface area contributed by atoms with Crippen molar-refractivity contribution in [3.8, 4) is 6.07 Å². The molecule has 2 aromatic heterocycles. The maximum absolute atomic E-state index is 9.39. The summed E-state index contributed by atoms with van der Waals surface area (Å²) in [4.78, 5) is 9.49. The number of nitrogens with one attached hydrogen (secondary N) is 1. The zero-order valence-electron chi connectivity index (χ0n) is 20.1. The Morgan fingerprint density at radius 3 is 2.64 bits per heavy atom. The van der Waals surface area contributed by atoms with E-state index in [4.69, 9.17) is 4.98 Å². The van der Waals surface area contributed by atoms with E-state index in [0.29, 0.717) is 11.0 Å². The molecule has 7 nitrogen and oxygen atoms in total. The van der Waals surface area contributed by atoms with E-state index in [0.717, 1.165) is 58.4 Å². The SMILES string of the molecule is Cc1c(C#N)cccc1[C@@H](C)Nc1nnc(C)c2cnc(N3CC4(CC(N(C)C)C4)C3)cc12. The van der Waals surface area contributed by atoms with Gasteiger partial charge >= 0.3 is 0 Å². The molecule has 0 amide bonds. The van der Waals surface area contributed by atoms with Crippen LogP contribution in [0.2, 0.25) is 0 Å². The van der Waals surface area contributed by atoms with Gasteiger partial charge in [0.1, 0.15) is 5.82 Å². The predicted octanol–water partition coefficient (Wildman–Crippen LogP) is 4.22. The minimum Gasteiger partial charge on any atom is -0.362 e. The van der Waals surface area contributed by atoms with E-state index in [1.54, 1.807) is 0 Å². The molecular formula is C26H31N7. The van der Waals surface area contributed by atoms with Crippen molar-refractivity contribution in [1.29, 1.82) is 5.26 Å². The topological polar surface area (TPSA) is 81.0 Å². The van der Waals surface area contributed by atoms with Gasteiger partial charge in [0, 0.05) is 41.5 Å². The molecule has 3 aromatic rings. The monoisotopic (exact) mass is 441 g/mol. The molecule has 2 aliphatic rings. The van der Waals surface area contributed by atoms with Crippen molar-refractivity contribution in [2.75, 3.05) is 37.4 Å². The molecule has 5 rings (SSSR count). The Bertz CT molecular complexity index is 1250. The van der Waals surface area contributed by atoms with Crippen molar-refractivity contribution in [2.45, 2.75) is 45.7 Å². The minimum atomic E-state index is -0.0136. The highest BCUT2D eigenvalue weighted by atomic mass is 15.3. The fraction of sp³-hybridized carbons (Fsp3) is 0.462. The first-order valence-corrected chi connectivity index (χ1v) is 11.6. The van der Waals surface area contributed by atoms with E-state index < -0.39 is 0 Å². The largest absolute Gasteiger partial charge is 0.362 e. The number of hydrogen-bond donors (Lipinski definition) is 1. The minimum absolute atomic E-state index is 0.0136. The summed E-state index contributed by atoms with van der Waals surface area (Å²) in [6.45, 7) is 8.21. The summed E-state index contributed by atoms with van der Waals surface area (Å²) >= 11 is 0. The smallest absolute Gasteiger partial charge is 0.157 e. The van der Waals surface area contributed by atoms with E-state index >= 15 is 0 Å². The lowest BCUT2D eigenvalue weighted by atomic mass is 9.60. The van der Waals surface area contributed by atoms with Gasteiger partial charge < -0.3 is 15.1 Å². The Kier molecular flexibility index (Phi) is 5.21. The molecule has 0 unspecified atom stereocenters. The lowest BCUT2D eigenvalue weighted by Gasteiger charge is -2.60. The van der Waals surface area contributed by atoms with Gasteiger partial charge in [0.25, 0.3) is 0 Å². The number of fused-ring (bicyclic) bond motifs is 1. The highest BCUT2D eigenvalue weighted by Crippen LogP contribution is 2.50. The van der Waals surface area contributed by atoms with Crippen molar-refractivity contribution in [3.05, 3.63) is 52.8 Å². The lowest BCUT2D eigenvalue weighted by Crippen LogP contribution is -2.66. The van der Waals surface area contributed by atoms with Crippen LogP contribution in [0, 0.1) is 30.6 Å².